The molecule has 0 aromatic carbocycles. The van der Waals surface area contributed by atoms with Crippen molar-refractivity contribution in [1.29, 1.82) is 0 Å². The number of rotatable bonds is 11. The molecule has 0 aliphatic carbocycles. The minimum Gasteiger partial charge on any atom is -0.480 e. The van der Waals surface area contributed by atoms with Crippen LogP contribution in [-0.4, -0.2) is 82.8 Å². The van der Waals surface area contributed by atoms with Gasteiger partial charge in [-0.2, -0.15) is 0 Å². The van der Waals surface area contributed by atoms with Gasteiger partial charge >= 0.3 is 5.97 Å². The fraction of sp³-hybridized carbons (Fsp3) is 0.583. The number of carbonyl (C=O) groups excluding carboxylic acids is 4. The second-order valence-corrected chi connectivity index (χ2v) is 4.82. The third-order valence-corrected chi connectivity index (χ3v) is 2.86. The largest absolute Gasteiger partial charge is 0.480 e. The molecule has 4 amide bonds. The lowest BCUT2D eigenvalue weighted by Gasteiger charge is -2.22. The highest BCUT2D eigenvalue weighted by Gasteiger charge is 2.30. The number of hydrogen-bond acceptors (Lipinski definition) is 8. The highest BCUT2D eigenvalue weighted by Crippen LogP contribution is 1.96. The zero-order valence-corrected chi connectivity index (χ0v) is 13.1. The van der Waals surface area contributed by atoms with Crippen molar-refractivity contribution in [3.05, 3.63) is 0 Å². The van der Waals surface area contributed by atoms with E-state index < -0.39 is 73.9 Å². The van der Waals surface area contributed by atoms with Gasteiger partial charge in [0.25, 0.3) is 0 Å². The Morgan fingerprint density at radius 1 is 0.840 bits per heavy atom. The summed E-state index contributed by atoms with van der Waals surface area (Å²) >= 11 is 0. The lowest BCUT2D eigenvalue weighted by molar-refractivity contribution is -0.143. The van der Waals surface area contributed by atoms with Gasteiger partial charge in [-0.15, -0.1) is 0 Å². The van der Waals surface area contributed by atoms with Gasteiger partial charge < -0.3 is 42.7 Å². The topological polar surface area (TPSA) is 234 Å². The molecule has 0 bridgehead atoms. The van der Waals surface area contributed by atoms with E-state index in [2.05, 4.69) is 10.6 Å². The van der Waals surface area contributed by atoms with Crippen LogP contribution >= 0.6 is 0 Å². The van der Waals surface area contributed by atoms with Crippen molar-refractivity contribution in [2.24, 2.45) is 11.5 Å². The number of aliphatic hydroxyl groups is 2. The molecule has 13 nitrogen and oxygen atoms in total. The van der Waals surface area contributed by atoms with E-state index in [9.17, 15) is 24.0 Å². The van der Waals surface area contributed by atoms with Crippen molar-refractivity contribution >= 4 is 29.6 Å². The number of carboxylic acids is 1. The Labute approximate surface area is 141 Å². The summed E-state index contributed by atoms with van der Waals surface area (Å²) < 4.78 is 0. The van der Waals surface area contributed by atoms with Crippen LogP contribution < -0.4 is 27.4 Å². The maximum Gasteiger partial charge on any atom is 0.328 e. The van der Waals surface area contributed by atoms with Gasteiger partial charge in [-0.1, -0.05) is 0 Å². The number of nitrogens with one attached hydrogen (secondary N) is 3. The molecule has 0 rings (SSSR count). The Morgan fingerprint density at radius 2 is 1.32 bits per heavy atom. The first-order chi connectivity index (χ1) is 11.7. The fourth-order valence-electron chi connectivity index (χ4n) is 1.59. The molecule has 10 N–H and O–H groups in total. The molecule has 0 aliphatic heterocycles. The maximum atomic E-state index is 12.0. The van der Waals surface area contributed by atoms with Crippen molar-refractivity contribution < 1.29 is 39.3 Å². The van der Waals surface area contributed by atoms with Crippen LogP contribution in [0.2, 0.25) is 0 Å². The number of carbonyl (C=O) groups is 5. The van der Waals surface area contributed by atoms with E-state index in [0.717, 1.165) is 0 Å². The summed E-state index contributed by atoms with van der Waals surface area (Å²) in [7, 11) is 0. The molecule has 3 atom stereocenters. The Hall–Kier alpha value is -2.77. The molecule has 0 spiro atoms. The van der Waals surface area contributed by atoms with Crippen LogP contribution in [-0.2, 0) is 24.0 Å². The van der Waals surface area contributed by atoms with Gasteiger partial charge in [-0.3, -0.25) is 19.2 Å². The molecule has 0 aromatic rings. The number of nitrogens with two attached hydrogens (primary N) is 2. The number of aliphatic hydroxyl groups excluding tert-OH is 2. The summed E-state index contributed by atoms with van der Waals surface area (Å²) in [5.74, 6) is -5.40. The number of carboxylic acid groups (broad SMARTS) is 1. The average Bonchev–Trinajstić information content (AvgIpc) is 2.55. The zero-order chi connectivity index (χ0) is 19.6. The third-order valence-electron chi connectivity index (χ3n) is 2.86. The molecule has 3 unspecified atom stereocenters. The highest BCUT2D eigenvalue weighted by atomic mass is 16.4. The van der Waals surface area contributed by atoms with Crippen LogP contribution in [0.5, 0.6) is 0 Å². The molecule has 0 fully saturated rings. The van der Waals surface area contributed by atoms with Gasteiger partial charge in [0.05, 0.1) is 26.2 Å². The zero-order valence-electron chi connectivity index (χ0n) is 13.1. The van der Waals surface area contributed by atoms with Gasteiger partial charge in [0, 0.05) is 0 Å². The second kappa shape index (κ2) is 10.9. The van der Waals surface area contributed by atoms with Gasteiger partial charge in [0.2, 0.25) is 23.6 Å². The minimum atomic E-state index is -1.66. The number of amides is 4. The minimum absolute atomic E-state index is 0.453. The van der Waals surface area contributed by atoms with Gasteiger partial charge in [-0.25, -0.2) is 4.79 Å². The standard InChI is InChI=1S/C12H21N5O8/c13-2-9(21)15-6(3-18)11(23)16-5(1-8(14)20)10(22)17-7(4-19)12(24)25/h5-7,18-19H,1-4,13H2,(H2,14,20)(H,15,21)(H,16,23)(H,17,22)(H,24,25). The van der Waals surface area contributed by atoms with Gasteiger partial charge in [0.15, 0.2) is 0 Å². The molecular formula is C12H21N5O8. The maximum absolute atomic E-state index is 12.0. The molecule has 0 saturated carbocycles. The summed E-state index contributed by atoms with van der Waals surface area (Å²) in [5.41, 5.74) is 10.0. The van der Waals surface area contributed by atoms with Crippen molar-refractivity contribution in [2.45, 2.75) is 24.5 Å². The average molecular weight is 363 g/mol. The van der Waals surface area contributed by atoms with E-state index >= 15 is 0 Å². The predicted molar refractivity (Wildman–Crippen MR) is 80.5 cm³/mol. The molecule has 13 heteroatoms. The molecule has 142 valence electrons. The summed E-state index contributed by atoms with van der Waals surface area (Å²) in [6.07, 6.45) is -0.682. The van der Waals surface area contributed by atoms with E-state index in [0.29, 0.717) is 0 Å². The van der Waals surface area contributed by atoms with E-state index in [1.807, 2.05) is 5.32 Å². The number of primary amides is 1. The van der Waals surface area contributed by atoms with Crippen LogP contribution in [0.4, 0.5) is 0 Å². The predicted octanol–water partition coefficient (Wildman–Crippen LogP) is -5.66. The van der Waals surface area contributed by atoms with Crippen molar-refractivity contribution in [2.75, 3.05) is 19.8 Å². The third kappa shape index (κ3) is 8.05. The Balaban J connectivity index is 5.10. The summed E-state index contributed by atoms with van der Waals surface area (Å²) in [6.45, 7) is -2.20. The molecule has 0 saturated heterocycles. The van der Waals surface area contributed by atoms with Gasteiger partial charge in [0.1, 0.15) is 18.1 Å². The Bertz CT molecular complexity index is 526. The van der Waals surface area contributed by atoms with E-state index in [1.165, 1.54) is 0 Å². The summed E-state index contributed by atoms with van der Waals surface area (Å²) in [5, 5.41) is 32.8. The molecule has 0 aromatic heterocycles. The Kier molecular flexibility index (Phi) is 9.69. The van der Waals surface area contributed by atoms with Crippen molar-refractivity contribution in [3.63, 3.8) is 0 Å². The van der Waals surface area contributed by atoms with E-state index in [1.54, 1.807) is 0 Å². The lowest BCUT2D eigenvalue weighted by atomic mass is 10.1. The van der Waals surface area contributed by atoms with Crippen LogP contribution in [0.25, 0.3) is 0 Å². The summed E-state index contributed by atoms with van der Waals surface area (Å²) in [6, 6.07) is -4.69. The van der Waals surface area contributed by atoms with Gasteiger partial charge in [-0.05, 0) is 0 Å². The van der Waals surface area contributed by atoms with E-state index in [4.69, 9.17) is 26.8 Å². The smallest absolute Gasteiger partial charge is 0.328 e. The first-order valence-corrected chi connectivity index (χ1v) is 6.99. The van der Waals surface area contributed by atoms with Crippen LogP contribution in [0.1, 0.15) is 6.42 Å². The molecule has 0 aliphatic rings. The van der Waals surface area contributed by atoms with Crippen LogP contribution in [0.3, 0.4) is 0 Å². The molecule has 25 heavy (non-hydrogen) atoms. The van der Waals surface area contributed by atoms with Crippen LogP contribution in [0, 0.1) is 0 Å². The first-order valence-electron chi connectivity index (χ1n) is 6.99. The monoisotopic (exact) mass is 363 g/mol. The molecular weight excluding hydrogens is 342 g/mol. The quantitative estimate of drug-likeness (QED) is 0.174. The fourth-order valence-corrected chi connectivity index (χ4v) is 1.59. The highest BCUT2D eigenvalue weighted by molar-refractivity contribution is 5.95. The second-order valence-electron chi connectivity index (χ2n) is 4.82. The van der Waals surface area contributed by atoms with E-state index in [-0.39, 0.29) is 0 Å². The van der Waals surface area contributed by atoms with Crippen molar-refractivity contribution in [3.8, 4) is 0 Å². The van der Waals surface area contributed by atoms with Crippen molar-refractivity contribution in [1.82, 2.24) is 16.0 Å². The number of aliphatic carboxylic acids is 1. The number of hydrogen-bond donors (Lipinski definition) is 8. The van der Waals surface area contributed by atoms with Crippen LogP contribution in [0.15, 0.2) is 0 Å². The molecule has 0 radical (unpaired) electrons. The SMILES string of the molecule is NCC(=O)NC(CO)C(=O)NC(CC(N)=O)C(=O)NC(CO)C(=O)O. The Morgan fingerprint density at radius 3 is 1.72 bits per heavy atom. The first kappa shape index (κ1) is 22.2. The normalized spacial score (nSPS) is 13.9. The summed E-state index contributed by atoms with van der Waals surface area (Å²) in [4.78, 5) is 57.0. The molecule has 0 heterocycles. The lowest BCUT2D eigenvalue weighted by Crippen LogP contribution is -2.58.